The highest BCUT2D eigenvalue weighted by molar-refractivity contribution is 5.94. The number of carbonyl (C=O) groups excluding carboxylic acids is 1. The van der Waals surface area contributed by atoms with Gasteiger partial charge in [0.1, 0.15) is 12.7 Å². The first-order valence-electron chi connectivity index (χ1n) is 10.4. The van der Waals surface area contributed by atoms with Crippen molar-refractivity contribution in [2.45, 2.75) is 32.9 Å². The lowest BCUT2D eigenvalue weighted by Gasteiger charge is -2.06. The molecule has 0 aliphatic carbocycles. The molecule has 0 amide bonds. The van der Waals surface area contributed by atoms with Gasteiger partial charge in [0.05, 0.1) is 0 Å². The van der Waals surface area contributed by atoms with Crippen molar-refractivity contribution in [3.8, 4) is 0 Å². The van der Waals surface area contributed by atoms with Gasteiger partial charge in [0, 0.05) is 23.1 Å². The topological polar surface area (TPSA) is 123 Å². The van der Waals surface area contributed by atoms with Gasteiger partial charge in [-0.3, -0.25) is 4.79 Å². The predicted octanol–water partition coefficient (Wildman–Crippen LogP) is 2.84. The molecule has 7 nitrogen and oxygen atoms in total. The van der Waals surface area contributed by atoms with E-state index >= 15 is 0 Å². The molecular formula is C25H30N2O5. The number of carboxylic acid groups (broad SMARTS) is 1. The molecule has 1 heterocycles. The zero-order valence-corrected chi connectivity index (χ0v) is 18.3. The van der Waals surface area contributed by atoms with Gasteiger partial charge in [-0.1, -0.05) is 48.5 Å². The molecule has 0 saturated heterocycles. The highest BCUT2D eigenvalue weighted by Crippen LogP contribution is 2.21. The van der Waals surface area contributed by atoms with Crippen molar-refractivity contribution in [2.75, 3.05) is 13.2 Å². The summed E-state index contributed by atoms with van der Waals surface area (Å²) in [6, 6.07) is 16.5. The minimum Gasteiger partial charge on any atom is -0.479 e. The van der Waals surface area contributed by atoms with E-state index in [-0.39, 0.29) is 5.78 Å². The second-order valence-corrected chi connectivity index (χ2v) is 7.41. The van der Waals surface area contributed by atoms with Crippen molar-refractivity contribution in [3.05, 3.63) is 77.0 Å². The van der Waals surface area contributed by atoms with E-state index in [4.69, 9.17) is 15.3 Å². The van der Waals surface area contributed by atoms with Crippen LogP contribution in [0.15, 0.2) is 54.6 Å². The van der Waals surface area contributed by atoms with Gasteiger partial charge in [0.25, 0.3) is 0 Å². The smallest absolute Gasteiger partial charge is 0.332 e. The van der Waals surface area contributed by atoms with Crippen LogP contribution in [0.25, 0.3) is 17.0 Å². The normalized spacial score (nSPS) is 11.9. The van der Waals surface area contributed by atoms with Gasteiger partial charge in [0.2, 0.25) is 0 Å². The number of aliphatic carboxylic acids is 1. The Balaban J connectivity index is 0.000000534. The number of aryl methyl sites for hydroxylation is 1. The van der Waals surface area contributed by atoms with Crippen molar-refractivity contribution in [3.63, 3.8) is 0 Å². The van der Waals surface area contributed by atoms with Gasteiger partial charge in [0.15, 0.2) is 5.78 Å². The number of aromatic nitrogens is 1. The Labute approximate surface area is 187 Å². The molecule has 0 bridgehead atoms. The lowest BCUT2D eigenvalue weighted by atomic mass is 10.1. The molecule has 1 atom stereocenters. The fraction of sp³-hybridized carbons (Fsp3) is 0.280. The molecule has 7 heteroatoms. The number of fused-ring (bicyclic) bond motifs is 1. The van der Waals surface area contributed by atoms with Crippen LogP contribution in [-0.2, 0) is 22.6 Å². The van der Waals surface area contributed by atoms with Crippen LogP contribution >= 0.6 is 0 Å². The number of benzene rings is 2. The van der Waals surface area contributed by atoms with Crippen molar-refractivity contribution < 1.29 is 24.9 Å². The monoisotopic (exact) mass is 438 g/mol. The molecule has 2 aromatic carbocycles. The third kappa shape index (κ3) is 7.77. The van der Waals surface area contributed by atoms with Crippen LogP contribution in [0.1, 0.15) is 29.3 Å². The van der Waals surface area contributed by atoms with E-state index in [0.717, 1.165) is 25.1 Å². The molecule has 0 fully saturated rings. The average molecular weight is 439 g/mol. The van der Waals surface area contributed by atoms with Crippen molar-refractivity contribution in [2.24, 2.45) is 0 Å². The highest BCUT2D eigenvalue weighted by Gasteiger charge is 2.07. The zero-order valence-electron chi connectivity index (χ0n) is 18.3. The van der Waals surface area contributed by atoms with E-state index in [1.807, 2.05) is 24.3 Å². The second-order valence-electron chi connectivity index (χ2n) is 7.41. The van der Waals surface area contributed by atoms with Gasteiger partial charge >= 0.3 is 5.97 Å². The summed E-state index contributed by atoms with van der Waals surface area (Å²) in [5.74, 6) is -1.47. The maximum absolute atomic E-state index is 11.1. The number of aromatic amines is 1. The van der Waals surface area contributed by atoms with Gasteiger partial charge < -0.3 is 25.6 Å². The number of carboxylic acids is 1. The Morgan fingerprint density at radius 3 is 2.41 bits per heavy atom. The zero-order chi connectivity index (χ0) is 23.5. The second kappa shape index (κ2) is 12.6. The molecule has 0 aliphatic heterocycles. The Kier molecular flexibility index (Phi) is 9.81. The summed E-state index contributed by atoms with van der Waals surface area (Å²) in [7, 11) is 0. The number of aliphatic hydroxyl groups is 2. The summed E-state index contributed by atoms with van der Waals surface area (Å²) >= 11 is 0. The van der Waals surface area contributed by atoms with Crippen LogP contribution < -0.4 is 5.32 Å². The maximum Gasteiger partial charge on any atom is 0.332 e. The van der Waals surface area contributed by atoms with E-state index in [1.165, 1.54) is 40.7 Å². The maximum atomic E-state index is 11.1. The minimum atomic E-state index is -1.23. The summed E-state index contributed by atoms with van der Waals surface area (Å²) in [5, 5.41) is 29.3. The fourth-order valence-electron chi connectivity index (χ4n) is 3.09. The number of aliphatic hydroxyl groups excluding tert-OH is 2. The molecule has 0 aliphatic rings. The van der Waals surface area contributed by atoms with Crippen LogP contribution in [0.3, 0.4) is 0 Å². The Bertz CT molecular complexity index is 1050. The summed E-state index contributed by atoms with van der Waals surface area (Å²) in [6.45, 7) is 4.59. The molecule has 32 heavy (non-hydrogen) atoms. The Morgan fingerprint density at radius 1 is 1.12 bits per heavy atom. The largest absolute Gasteiger partial charge is 0.479 e. The standard InChI is InChI=1S/C22H24N2O2.C3H6O3/c1-16-20(21-4-2-3-5-22(21)24-16)12-13-23-14-18-8-6-17(7-9-18)10-11-19(26)15-25;1-2(4)3(5)6/h2-11,23-25H,12-15H2,1H3;2,4H,1H3,(H,5,6)/b11-10+;. The number of nitrogens with one attached hydrogen (secondary N) is 2. The number of hydrogen-bond acceptors (Lipinski definition) is 5. The summed E-state index contributed by atoms with van der Waals surface area (Å²) in [6.07, 6.45) is 2.87. The molecule has 5 N–H and O–H groups in total. The molecule has 1 unspecified atom stereocenters. The minimum absolute atomic E-state index is 0.289. The molecule has 1 aromatic heterocycles. The summed E-state index contributed by atoms with van der Waals surface area (Å²) in [5.41, 5.74) is 5.96. The Morgan fingerprint density at radius 2 is 1.78 bits per heavy atom. The first-order valence-corrected chi connectivity index (χ1v) is 10.4. The Hall–Kier alpha value is -3.26. The molecule has 3 aromatic rings. The van der Waals surface area contributed by atoms with Gasteiger partial charge in [-0.05, 0) is 55.6 Å². The molecule has 170 valence electrons. The average Bonchev–Trinajstić information content (AvgIpc) is 3.11. The number of rotatable bonds is 9. The van der Waals surface area contributed by atoms with Gasteiger partial charge in [-0.2, -0.15) is 0 Å². The quantitative estimate of drug-likeness (QED) is 0.259. The molecule has 0 spiro atoms. The SMILES string of the molecule is CC(O)C(=O)O.Cc1[nH]c2ccccc2c1CCNCc1ccc(/C=C/C(=O)CO)cc1. The van der Waals surface area contributed by atoms with Crippen molar-refractivity contribution in [1.82, 2.24) is 10.3 Å². The molecular weight excluding hydrogens is 408 g/mol. The lowest BCUT2D eigenvalue weighted by Crippen LogP contribution is -2.16. The predicted molar refractivity (Wildman–Crippen MR) is 125 cm³/mol. The number of para-hydroxylation sites is 1. The van der Waals surface area contributed by atoms with Crippen LogP contribution in [-0.4, -0.2) is 51.3 Å². The van der Waals surface area contributed by atoms with E-state index in [0.29, 0.717) is 0 Å². The first kappa shape index (κ1) is 25.0. The summed E-state index contributed by atoms with van der Waals surface area (Å²) in [4.78, 5) is 24.0. The van der Waals surface area contributed by atoms with Crippen LogP contribution in [0.4, 0.5) is 0 Å². The van der Waals surface area contributed by atoms with E-state index in [1.54, 1.807) is 6.08 Å². The molecule has 3 rings (SSSR count). The summed E-state index contributed by atoms with van der Waals surface area (Å²) < 4.78 is 0. The fourth-order valence-corrected chi connectivity index (χ4v) is 3.09. The van der Waals surface area contributed by atoms with E-state index in [9.17, 15) is 9.59 Å². The lowest BCUT2D eigenvalue weighted by molar-refractivity contribution is -0.145. The van der Waals surface area contributed by atoms with Crippen molar-refractivity contribution in [1.29, 1.82) is 0 Å². The number of H-pyrrole nitrogens is 1. The van der Waals surface area contributed by atoms with Crippen LogP contribution in [0, 0.1) is 6.92 Å². The molecule has 0 radical (unpaired) electrons. The number of ketones is 1. The molecule has 0 saturated carbocycles. The van der Waals surface area contributed by atoms with E-state index in [2.05, 4.69) is 41.5 Å². The highest BCUT2D eigenvalue weighted by atomic mass is 16.4. The van der Waals surface area contributed by atoms with E-state index < -0.39 is 18.7 Å². The van der Waals surface area contributed by atoms with Gasteiger partial charge in [-0.25, -0.2) is 4.79 Å². The third-order valence-corrected chi connectivity index (χ3v) is 4.86. The van der Waals surface area contributed by atoms with Gasteiger partial charge in [-0.15, -0.1) is 0 Å². The number of carbonyl (C=O) groups is 2. The van der Waals surface area contributed by atoms with Crippen LogP contribution in [0.5, 0.6) is 0 Å². The van der Waals surface area contributed by atoms with Crippen LogP contribution in [0.2, 0.25) is 0 Å². The van der Waals surface area contributed by atoms with Crippen molar-refractivity contribution >= 4 is 28.7 Å². The number of hydrogen-bond donors (Lipinski definition) is 5. The third-order valence-electron chi connectivity index (χ3n) is 4.86. The first-order chi connectivity index (χ1) is 15.3.